The van der Waals surface area contributed by atoms with Crippen molar-refractivity contribution in [3.63, 3.8) is 0 Å². The molecule has 162 valence electrons. The summed E-state index contributed by atoms with van der Waals surface area (Å²) in [5.74, 6) is 1.69. The van der Waals surface area contributed by atoms with Gasteiger partial charge in [0.1, 0.15) is 17.3 Å². The van der Waals surface area contributed by atoms with E-state index in [0.717, 1.165) is 45.8 Å². The number of anilines is 1. The molecule has 1 fully saturated rings. The molecule has 6 nitrogen and oxygen atoms in total. The van der Waals surface area contributed by atoms with Crippen LogP contribution in [0.1, 0.15) is 16.2 Å². The maximum absolute atomic E-state index is 12.9. The summed E-state index contributed by atoms with van der Waals surface area (Å²) < 4.78 is 5.32. The first-order chi connectivity index (χ1) is 15.7. The van der Waals surface area contributed by atoms with Gasteiger partial charge in [-0.15, -0.1) is 11.3 Å². The molecule has 1 aliphatic rings. The highest BCUT2D eigenvalue weighted by molar-refractivity contribution is 7.17. The minimum absolute atomic E-state index is 0.0821. The molecule has 2 aromatic carbocycles. The number of nitrogens with zero attached hydrogens (tertiary/aromatic N) is 4. The predicted octanol–water partition coefficient (Wildman–Crippen LogP) is 4.47. The van der Waals surface area contributed by atoms with Crippen LogP contribution in [-0.2, 0) is 11.3 Å². The topological polar surface area (TPSA) is 58.6 Å². The van der Waals surface area contributed by atoms with Crippen molar-refractivity contribution in [1.29, 1.82) is 0 Å². The molecule has 1 amide bonds. The number of rotatable bonds is 5. The van der Waals surface area contributed by atoms with Crippen LogP contribution in [0.4, 0.5) is 5.82 Å². The first kappa shape index (κ1) is 20.6. The van der Waals surface area contributed by atoms with E-state index in [4.69, 9.17) is 14.7 Å². The highest BCUT2D eigenvalue weighted by Gasteiger charge is 2.26. The van der Waals surface area contributed by atoms with Gasteiger partial charge in [0.25, 0.3) is 5.91 Å². The molecule has 32 heavy (non-hydrogen) atoms. The second-order valence-corrected chi connectivity index (χ2v) is 8.60. The highest BCUT2D eigenvalue weighted by Crippen LogP contribution is 2.38. The SMILES string of the molecule is COCc1nc(N2CCN(C(=O)c3ccccc3)CC2)c2c(-c3ccccc3)csc2n1. The third-order valence-electron chi connectivity index (χ3n) is 5.71. The second-order valence-electron chi connectivity index (χ2n) is 7.74. The van der Waals surface area contributed by atoms with Crippen LogP contribution in [0, 0.1) is 0 Å². The Balaban J connectivity index is 1.47. The van der Waals surface area contributed by atoms with E-state index >= 15 is 0 Å². The summed E-state index contributed by atoms with van der Waals surface area (Å²) in [7, 11) is 1.66. The predicted molar refractivity (Wildman–Crippen MR) is 128 cm³/mol. The zero-order valence-corrected chi connectivity index (χ0v) is 18.7. The van der Waals surface area contributed by atoms with Crippen molar-refractivity contribution in [3.8, 4) is 11.1 Å². The molecule has 0 radical (unpaired) electrons. The molecule has 2 aromatic heterocycles. The molecule has 3 heterocycles. The molecule has 1 saturated heterocycles. The molecule has 0 unspecified atom stereocenters. The first-order valence-electron chi connectivity index (χ1n) is 10.7. The number of hydrogen-bond acceptors (Lipinski definition) is 6. The molecule has 0 N–H and O–H groups in total. The fraction of sp³-hybridized carbons (Fsp3) is 0.240. The van der Waals surface area contributed by atoms with E-state index in [0.29, 0.717) is 25.5 Å². The van der Waals surface area contributed by atoms with Crippen LogP contribution >= 0.6 is 11.3 Å². The molecule has 0 spiro atoms. The molecule has 7 heteroatoms. The fourth-order valence-corrected chi connectivity index (χ4v) is 5.06. The summed E-state index contributed by atoms with van der Waals surface area (Å²) in [6.07, 6.45) is 0. The number of methoxy groups -OCH3 is 1. The monoisotopic (exact) mass is 444 g/mol. The van der Waals surface area contributed by atoms with Gasteiger partial charge < -0.3 is 14.5 Å². The third-order valence-corrected chi connectivity index (χ3v) is 6.58. The maximum Gasteiger partial charge on any atom is 0.253 e. The van der Waals surface area contributed by atoms with Crippen molar-refractivity contribution in [2.75, 3.05) is 38.2 Å². The standard InChI is InChI=1S/C25H24N4O2S/c1-31-16-21-26-23(22-20(17-32-24(22)27-21)18-8-4-2-5-9-18)28-12-14-29(15-13-28)25(30)19-10-6-3-7-11-19/h2-11,17H,12-16H2,1H3. The van der Waals surface area contributed by atoms with Gasteiger partial charge in [0.2, 0.25) is 0 Å². The minimum atomic E-state index is 0.0821. The van der Waals surface area contributed by atoms with E-state index in [1.54, 1.807) is 18.4 Å². The number of thiophene rings is 1. The molecule has 0 aliphatic carbocycles. The summed E-state index contributed by atoms with van der Waals surface area (Å²) >= 11 is 1.63. The van der Waals surface area contributed by atoms with E-state index < -0.39 is 0 Å². The molecule has 0 saturated carbocycles. The molecular formula is C25H24N4O2S. The summed E-state index contributed by atoms with van der Waals surface area (Å²) in [6.45, 7) is 3.13. The molecular weight excluding hydrogens is 420 g/mol. The molecule has 1 aliphatic heterocycles. The summed E-state index contributed by atoms with van der Waals surface area (Å²) in [4.78, 5) is 27.7. The lowest BCUT2D eigenvalue weighted by Gasteiger charge is -2.36. The van der Waals surface area contributed by atoms with E-state index in [-0.39, 0.29) is 5.91 Å². The summed E-state index contributed by atoms with van der Waals surface area (Å²) in [6, 6.07) is 19.8. The van der Waals surface area contributed by atoms with Crippen LogP contribution in [0.15, 0.2) is 66.0 Å². The van der Waals surface area contributed by atoms with E-state index in [9.17, 15) is 4.79 Å². The fourth-order valence-electron chi connectivity index (χ4n) is 4.10. The number of benzene rings is 2. The molecule has 5 rings (SSSR count). The molecule has 0 bridgehead atoms. The van der Waals surface area contributed by atoms with Crippen LogP contribution in [0.3, 0.4) is 0 Å². The van der Waals surface area contributed by atoms with Crippen molar-refractivity contribution in [1.82, 2.24) is 14.9 Å². The van der Waals surface area contributed by atoms with Gasteiger partial charge in [-0.1, -0.05) is 48.5 Å². The lowest BCUT2D eigenvalue weighted by Crippen LogP contribution is -2.49. The van der Waals surface area contributed by atoms with Gasteiger partial charge in [0, 0.05) is 49.8 Å². The van der Waals surface area contributed by atoms with Gasteiger partial charge in [-0.25, -0.2) is 9.97 Å². The average molecular weight is 445 g/mol. The number of hydrogen-bond donors (Lipinski definition) is 0. The Kier molecular flexibility index (Phi) is 5.83. The van der Waals surface area contributed by atoms with Crippen molar-refractivity contribution < 1.29 is 9.53 Å². The van der Waals surface area contributed by atoms with Crippen LogP contribution in [0.25, 0.3) is 21.3 Å². The Hall–Kier alpha value is -3.29. The smallest absolute Gasteiger partial charge is 0.253 e. The first-order valence-corrected chi connectivity index (χ1v) is 11.5. The summed E-state index contributed by atoms with van der Waals surface area (Å²) in [5, 5.41) is 3.23. The summed E-state index contributed by atoms with van der Waals surface area (Å²) in [5.41, 5.74) is 3.03. The average Bonchev–Trinajstić information content (AvgIpc) is 3.29. The van der Waals surface area contributed by atoms with Crippen molar-refractivity contribution in [3.05, 3.63) is 77.4 Å². The van der Waals surface area contributed by atoms with Gasteiger partial charge in [-0.05, 0) is 17.7 Å². The number of amides is 1. The number of carbonyl (C=O) groups excluding carboxylic acids is 1. The molecule has 0 atom stereocenters. The second kappa shape index (κ2) is 9.06. The van der Waals surface area contributed by atoms with Gasteiger partial charge in [0.15, 0.2) is 5.82 Å². The Morgan fingerprint density at radius 3 is 2.34 bits per heavy atom. The Labute approximate surface area is 191 Å². The zero-order chi connectivity index (χ0) is 21.9. The van der Waals surface area contributed by atoms with E-state index in [1.165, 1.54) is 0 Å². The normalized spacial score (nSPS) is 14.2. The van der Waals surface area contributed by atoms with Crippen LogP contribution in [0.2, 0.25) is 0 Å². The van der Waals surface area contributed by atoms with E-state index in [1.807, 2.05) is 53.4 Å². The van der Waals surface area contributed by atoms with Crippen LogP contribution in [-0.4, -0.2) is 54.1 Å². The minimum Gasteiger partial charge on any atom is -0.377 e. The zero-order valence-electron chi connectivity index (χ0n) is 17.9. The lowest BCUT2D eigenvalue weighted by molar-refractivity contribution is 0.0746. The van der Waals surface area contributed by atoms with Crippen LogP contribution in [0.5, 0.6) is 0 Å². The Morgan fingerprint density at radius 1 is 0.969 bits per heavy atom. The number of aromatic nitrogens is 2. The number of carbonyl (C=O) groups is 1. The largest absolute Gasteiger partial charge is 0.377 e. The quantitative estimate of drug-likeness (QED) is 0.455. The van der Waals surface area contributed by atoms with Crippen molar-refractivity contribution in [2.45, 2.75) is 6.61 Å². The van der Waals surface area contributed by atoms with Crippen molar-refractivity contribution >= 4 is 33.3 Å². The van der Waals surface area contributed by atoms with Crippen molar-refractivity contribution in [2.24, 2.45) is 0 Å². The number of piperazine rings is 1. The van der Waals surface area contributed by atoms with Gasteiger partial charge in [-0.2, -0.15) is 0 Å². The third kappa shape index (κ3) is 3.97. The van der Waals surface area contributed by atoms with Gasteiger partial charge >= 0.3 is 0 Å². The Bertz CT molecular complexity index is 1220. The van der Waals surface area contributed by atoms with Gasteiger partial charge in [0.05, 0.1) is 5.39 Å². The number of ether oxygens (including phenoxy) is 1. The maximum atomic E-state index is 12.9. The van der Waals surface area contributed by atoms with Gasteiger partial charge in [-0.3, -0.25) is 4.79 Å². The Morgan fingerprint density at radius 2 is 1.66 bits per heavy atom. The molecule has 4 aromatic rings. The van der Waals surface area contributed by atoms with Crippen LogP contribution < -0.4 is 4.90 Å². The number of fused-ring (bicyclic) bond motifs is 1. The lowest BCUT2D eigenvalue weighted by atomic mass is 10.1. The van der Waals surface area contributed by atoms with E-state index in [2.05, 4.69) is 22.4 Å². The highest BCUT2D eigenvalue weighted by atomic mass is 32.1.